The van der Waals surface area contributed by atoms with Gasteiger partial charge in [0.2, 0.25) is 0 Å². The average molecular weight is 473 g/mol. The smallest absolute Gasteiger partial charge is 0.121 e. The molecule has 0 saturated heterocycles. The minimum absolute atomic E-state index is 0.0527. The monoisotopic (exact) mass is 472 g/mol. The lowest BCUT2D eigenvalue weighted by atomic mass is 10.1. The van der Waals surface area contributed by atoms with Gasteiger partial charge in [-0.3, -0.25) is 0 Å². The van der Waals surface area contributed by atoms with Crippen LogP contribution in [0, 0.1) is 0 Å². The minimum Gasteiger partial charge on any atom is -0.508 e. The molecule has 0 spiro atoms. The normalized spacial score (nSPS) is 12.4. The van der Waals surface area contributed by atoms with Crippen LogP contribution in [-0.4, -0.2) is 60.6 Å². The lowest BCUT2D eigenvalue weighted by Crippen LogP contribution is -2.22. The second-order valence-corrected chi connectivity index (χ2v) is 9.30. The molecular weight excluding hydrogens is 428 g/mol. The first-order valence-electron chi connectivity index (χ1n) is 12.6. The molecule has 0 aromatic heterocycles. The van der Waals surface area contributed by atoms with E-state index in [0.29, 0.717) is 17.7 Å². The third kappa shape index (κ3) is 11.4. The zero-order valence-electron chi connectivity index (χ0n) is 21.0. The van der Waals surface area contributed by atoms with Crippen molar-refractivity contribution >= 4 is 0 Å². The maximum atomic E-state index is 10.3. The number of phenols is 1. The number of benzene rings is 2. The number of aromatic hydroxyl groups is 1. The van der Waals surface area contributed by atoms with Crippen LogP contribution < -0.4 is 5.32 Å². The van der Waals surface area contributed by atoms with E-state index in [9.17, 15) is 15.3 Å². The first kappa shape index (κ1) is 28.3. The zero-order valence-corrected chi connectivity index (χ0v) is 21.0. The van der Waals surface area contributed by atoms with E-state index >= 15 is 0 Å². The standard InChI is InChI=1S/C28H44N2O4/c1-30(2)21-24-12-10-23(11-13-24)9-5-8-18-34-17-7-4-3-6-16-29-20-28(33)25-14-15-27(32)26(19-25)22-31/h10-15,19,28-29,31-33H,3-9,16-18,20-22H2,1-2H3. The molecule has 190 valence electrons. The van der Waals surface area contributed by atoms with Crippen LogP contribution in [0.1, 0.15) is 66.9 Å². The quantitative estimate of drug-likeness (QED) is 0.244. The molecular formula is C28H44N2O4. The molecule has 2 aromatic rings. The Kier molecular flexibility index (Phi) is 13.8. The second kappa shape index (κ2) is 16.6. The third-order valence-electron chi connectivity index (χ3n) is 5.91. The van der Waals surface area contributed by atoms with Gasteiger partial charge in [0.25, 0.3) is 0 Å². The second-order valence-electron chi connectivity index (χ2n) is 9.30. The molecule has 0 fully saturated rings. The molecule has 1 unspecified atom stereocenters. The summed E-state index contributed by atoms with van der Waals surface area (Å²) in [7, 11) is 4.19. The van der Waals surface area contributed by atoms with Crippen LogP contribution in [0.3, 0.4) is 0 Å². The maximum absolute atomic E-state index is 10.3. The summed E-state index contributed by atoms with van der Waals surface area (Å²) in [5, 5.41) is 32.4. The van der Waals surface area contributed by atoms with Gasteiger partial charge >= 0.3 is 0 Å². The Morgan fingerprint density at radius 1 is 0.882 bits per heavy atom. The van der Waals surface area contributed by atoms with Crippen LogP contribution in [0.5, 0.6) is 5.75 Å². The molecule has 0 aliphatic rings. The Hall–Kier alpha value is -1.96. The van der Waals surface area contributed by atoms with Gasteiger partial charge < -0.3 is 30.3 Å². The molecule has 6 heteroatoms. The van der Waals surface area contributed by atoms with Crippen molar-refractivity contribution in [3.63, 3.8) is 0 Å². The van der Waals surface area contributed by atoms with E-state index in [2.05, 4.69) is 48.6 Å². The van der Waals surface area contributed by atoms with E-state index in [1.54, 1.807) is 12.1 Å². The van der Waals surface area contributed by atoms with Crippen LogP contribution in [0.15, 0.2) is 42.5 Å². The molecule has 0 aliphatic heterocycles. The highest BCUT2D eigenvalue weighted by atomic mass is 16.5. The molecule has 2 aromatic carbocycles. The van der Waals surface area contributed by atoms with Gasteiger partial charge in [0.05, 0.1) is 12.7 Å². The molecule has 6 nitrogen and oxygen atoms in total. The highest BCUT2D eigenvalue weighted by Crippen LogP contribution is 2.22. The molecule has 0 radical (unpaired) electrons. The fraction of sp³-hybridized carbons (Fsp3) is 0.571. The number of aryl methyl sites for hydroxylation is 1. The first-order valence-corrected chi connectivity index (χ1v) is 12.6. The number of nitrogens with zero attached hydrogens (tertiary/aromatic N) is 1. The number of hydrogen-bond donors (Lipinski definition) is 4. The van der Waals surface area contributed by atoms with Crippen LogP contribution in [0.25, 0.3) is 0 Å². The summed E-state index contributed by atoms with van der Waals surface area (Å²) < 4.78 is 5.78. The molecule has 0 heterocycles. The molecule has 1 atom stereocenters. The van der Waals surface area contributed by atoms with Crippen molar-refractivity contribution in [1.82, 2.24) is 10.2 Å². The van der Waals surface area contributed by atoms with Gasteiger partial charge in [0, 0.05) is 31.9 Å². The van der Waals surface area contributed by atoms with Gasteiger partial charge in [-0.25, -0.2) is 0 Å². The Morgan fingerprint density at radius 2 is 1.56 bits per heavy atom. The van der Waals surface area contributed by atoms with E-state index in [0.717, 1.165) is 71.2 Å². The Morgan fingerprint density at radius 3 is 2.26 bits per heavy atom. The number of ether oxygens (including phenoxy) is 1. The molecule has 4 N–H and O–H groups in total. The van der Waals surface area contributed by atoms with E-state index in [1.807, 2.05) is 0 Å². The lowest BCUT2D eigenvalue weighted by molar-refractivity contribution is 0.126. The fourth-order valence-electron chi connectivity index (χ4n) is 3.92. The summed E-state index contributed by atoms with van der Waals surface area (Å²) in [4.78, 5) is 2.19. The number of nitrogens with one attached hydrogen (secondary N) is 1. The van der Waals surface area contributed by atoms with Gasteiger partial charge in [-0.05, 0) is 81.6 Å². The van der Waals surface area contributed by atoms with Crippen LogP contribution in [0.4, 0.5) is 0 Å². The summed E-state index contributed by atoms with van der Waals surface area (Å²) >= 11 is 0. The van der Waals surface area contributed by atoms with E-state index in [-0.39, 0.29) is 12.4 Å². The highest BCUT2D eigenvalue weighted by Gasteiger charge is 2.09. The zero-order chi connectivity index (χ0) is 24.6. The van der Waals surface area contributed by atoms with Gasteiger partial charge in [-0.1, -0.05) is 43.2 Å². The number of unbranched alkanes of at least 4 members (excludes halogenated alkanes) is 4. The van der Waals surface area contributed by atoms with Crippen molar-refractivity contribution in [2.75, 3.05) is 40.4 Å². The summed E-state index contributed by atoms with van der Waals surface area (Å²) in [6.07, 6.45) is 7.18. The van der Waals surface area contributed by atoms with E-state index in [4.69, 9.17) is 4.74 Å². The van der Waals surface area contributed by atoms with Crippen molar-refractivity contribution in [2.45, 2.75) is 64.2 Å². The average Bonchev–Trinajstić information content (AvgIpc) is 2.82. The molecule has 2 rings (SSSR count). The topological polar surface area (TPSA) is 85.2 Å². The molecule has 0 bridgehead atoms. The fourth-order valence-corrected chi connectivity index (χ4v) is 3.92. The lowest BCUT2D eigenvalue weighted by Gasteiger charge is -2.14. The third-order valence-corrected chi connectivity index (χ3v) is 5.91. The van der Waals surface area contributed by atoms with Gasteiger partial charge in [-0.15, -0.1) is 0 Å². The number of aliphatic hydroxyl groups excluding tert-OH is 2. The molecule has 0 aliphatic carbocycles. The van der Waals surface area contributed by atoms with Crippen molar-refractivity contribution in [3.05, 3.63) is 64.7 Å². The summed E-state index contributed by atoms with van der Waals surface area (Å²) in [5.74, 6) is 0.0527. The predicted octanol–water partition coefficient (Wildman–Crippen LogP) is 4.17. The van der Waals surface area contributed by atoms with Crippen molar-refractivity contribution in [3.8, 4) is 5.75 Å². The van der Waals surface area contributed by atoms with Crippen molar-refractivity contribution < 1.29 is 20.1 Å². The SMILES string of the molecule is CN(C)Cc1ccc(CCCCOCCCCCCNCC(O)c2ccc(O)c(CO)c2)cc1. The Labute approximate surface area is 205 Å². The minimum atomic E-state index is -0.651. The molecule has 0 saturated carbocycles. The Bertz CT molecular complexity index is 795. The number of aliphatic hydroxyl groups is 2. The van der Waals surface area contributed by atoms with E-state index in [1.165, 1.54) is 17.2 Å². The van der Waals surface area contributed by atoms with Gasteiger partial charge in [-0.2, -0.15) is 0 Å². The van der Waals surface area contributed by atoms with Gasteiger partial charge in [0.1, 0.15) is 5.75 Å². The predicted molar refractivity (Wildman–Crippen MR) is 138 cm³/mol. The summed E-state index contributed by atoms with van der Waals surface area (Å²) in [6.45, 7) is 3.74. The molecule has 34 heavy (non-hydrogen) atoms. The van der Waals surface area contributed by atoms with Gasteiger partial charge in [0.15, 0.2) is 0 Å². The number of hydrogen-bond acceptors (Lipinski definition) is 6. The highest BCUT2D eigenvalue weighted by molar-refractivity contribution is 5.36. The molecule has 0 amide bonds. The number of rotatable bonds is 18. The summed E-state index contributed by atoms with van der Waals surface area (Å²) in [6, 6.07) is 13.8. The van der Waals surface area contributed by atoms with Crippen molar-refractivity contribution in [2.24, 2.45) is 0 Å². The van der Waals surface area contributed by atoms with Crippen LogP contribution in [-0.2, 0) is 24.3 Å². The largest absolute Gasteiger partial charge is 0.508 e. The van der Waals surface area contributed by atoms with Crippen LogP contribution in [0.2, 0.25) is 0 Å². The summed E-state index contributed by atoms with van der Waals surface area (Å²) in [5.41, 5.74) is 3.90. The first-order chi connectivity index (χ1) is 16.5. The maximum Gasteiger partial charge on any atom is 0.121 e. The van der Waals surface area contributed by atoms with Crippen molar-refractivity contribution in [1.29, 1.82) is 0 Å². The Balaban J connectivity index is 1.39. The van der Waals surface area contributed by atoms with E-state index < -0.39 is 6.10 Å². The van der Waals surface area contributed by atoms with Crippen LogP contribution >= 0.6 is 0 Å².